The first-order chi connectivity index (χ1) is 9.92. The van der Waals surface area contributed by atoms with Gasteiger partial charge in [0.05, 0.1) is 17.6 Å². The summed E-state index contributed by atoms with van der Waals surface area (Å²) in [5.74, 6) is 0.616. The largest absolute Gasteiger partial charge is 0.465 e. The Kier molecular flexibility index (Phi) is 6.73. The van der Waals surface area contributed by atoms with Crippen LogP contribution in [-0.4, -0.2) is 39.5 Å². The van der Waals surface area contributed by atoms with Crippen LogP contribution in [0.2, 0.25) is 0 Å². The summed E-state index contributed by atoms with van der Waals surface area (Å²) >= 11 is 1.55. The first-order valence-corrected chi connectivity index (χ1v) is 8.72. The van der Waals surface area contributed by atoms with Gasteiger partial charge in [0.25, 0.3) is 0 Å². The van der Waals surface area contributed by atoms with E-state index in [9.17, 15) is 13.2 Å². The molecule has 0 unspecified atom stereocenters. The third-order valence-electron chi connectivity index (χ3n) is 2.47. The number of anilines is 1. The van der Waals surface area contributed by atoms with Gasteiger partial charge in [0.15, 0.2) is 0 Å². The fraction of sp³-hybridized carbons (Fsp3) is 0.308. The van der Waals surface area contributed by atoms with Crippen molar-refractivity contribution in [2.45, 2.75) is 4.90 Å². The summed E-state index contributed by atoms with van der Waals surface area (Å²) in [6.45, 7) is 3.83. The van der Waals surface area contributed by atoms with Crippen molar-refractivity contribution in [1.29, 1.82) is 0 Å². The Balaban J connectivity index is 2.93. The monoisotopic (exact) mass is 330 g/mol. The summed E-state index contributed by atoms with van der Waals surface area (Å²) in [4.78, 5) is 11.5. The van der Waals surface area contributed by atoms with E-state index in [1.165, 1.54) is 25.3 Å². The summed E-state index contributed by atoms with van der Waals surface area (Å²) in [7, 11) is -2.64. The lowest BCUT2D eigenvalue weighted by Gasteiger charge is -2.11. The number of rotatable bonds is 8. The number of nitrogen functional groups attached to an aromatic ring is 1. The van der Waals surface area contributed by atoms with Crippen LogP contribution in [0, 0.1) is 0 Å². The standard InChI is InChI=1S/C13H18N2O4S2/c1-3-7-20-8-6-15-21(17,18)12-9-10(14)4-5-11(12)13(16)19-2/h3-5,9,15H,1,6-8,14H2,2H3. The lowest BCUT2D eigenvalue weighted by molar-refractivity contribution is 0.0596. The number of sulfonamides is 1. The highest BCUT2D eigenvalue weighted by Crippen LogP contribution is 2.20. The Hall–Kier alpha value is -1.51. The van der Waals surface area contributed by atoms with Gasteiger partial charge in [-0.1, -0.05) is 6.08 Å². The Labute approximate surface area is 128 Å². The van der Waals surface area contributed by atoms with Crippen molar-refractivity contribution in [3.8, 4) is 0 Å². The van der Waals surface area contributed by atoms with E-state index >= 15 is 0 Å². The van der Waals surface area contributed by atoms with Gasteiger partial charge in [0.1, 0.15) is 0 Å². The molecule has 0 radical (unpaired) electrons. The Morgan fingerprint density at radius 2 is 2.24 bits per heavy atom. The zero-order valence-corrected chi connectivity index (χ0v) is 13.3. The molecule has 0 saturated carbocycles. The lowest BCUT2D eigenvalue weighted by Crippen LogP contribution is -2.28. The maximum atomic E-state index is 12.3. The second kappa shape index (κ2) is 8.06. The number of hydrogen-bond acceptors (Lipinski definition) is 6. The Morgan fingerprint density at radius 1 is 1.52 bits per heavy atom. The molecule has 0 aliphatic rings. The van der Waals surface area contributed by atoms with Gasteiger partial charge < -0.3 is 10.5 Å². The predicted molar refractivity (Wildman–Crippen MR) is 84.9 cm³/mol. The van der Waals surface area contributed by atoms with Gasteiger partial charge in [0, 0.05) is 23.7 Å². The maximum Gasteiger partial charge on any atom is 0.339 e. The van der Waals surface area contributed by atoms with Crippen LogP contribution in [0.1, 0.15) is 10.4 Å². The Bertz CT molecular complexity index is 615. The van der Waals surface area contributed by atoms with Gasteiger partial charge >= 0.3 is 5.97 Å². The summed E-state index contributed by atoms with van der Waals surface area (Å²) in [6, 6.07) is 4.03. The number of nitrogens with one attached hydrogen (secondary N) is 1. The van der Waals surface area contributed by atoms with Crippen LogP contribution in [0.15, 0.2) is 35.7 Å². The van der Waals surface area contributed by atoms with Crippen molar-refractivity contribution < 1.29 is 17.9 Å². The molecule has 8 heteroatoms. The van der Waals surface area contributed by atoms with Gasteiger partial charge in [-0.25, -0.2) is 17.9 Å². The molecule has 0 amide bonds. The van der Waals surface area contributed by atoms with Gasteiger partial charge in [0.2, 0.25) is 10.0 Å². The van der Waals surface area contributed by atoms with Crippen LogP contribution in [0.25, 0.3) is 0 Å². The van der Waals surface area contributed by atoms with Crippen molar-refractivity contribution in [3.63, 3.8) is 0 Å². The van der Waals surface area contributed by atoms with E-state index in [2.05, 4.69) is 16.0 Å². The number of nitrogens with two attached hydrogens (primary N) is 1. The maximum absolute atomic E-state index is 12.3. The molecule has 0 bridgehead atoms. The highest BCUT2D eigenvalue weighted by Gasteiger charge is 2.23. The topological polar surface area (TPSA) is 98.5 Å². The fourth-order valence-electron chi connectivity index (χ4n) is 1.53. The molecule has 0 atom stereocenters. The third kappa shape index (κ3) is 5.07. The van der Waals surface area contributed by atoms with Gasteiger partial charge in [-0.3, -0.25) is 0 Å². The highest BCUT2D eigenvalue weighted by atomic mass is 32.2. The smallest absolute Gasteiger partial charge is 0.339 e. The molecular weight excluding hydrogens is 312 g/mol. The molecule has 1 rings (SSSR count). The number of hydrogen-bond donors (Lipinski definition) is 2. The zero-order valence-electron chi connectivity index (χ0n) is 11.7. The summed E-state index contributed by atoms with van der Waals surface area (Å²) < 4.78 is 31.5. The minimum absolute atomic E-state index is 0.0436. The molecule has 0 fully saturated rings. The summed E-state index contributed by atoms with van der Waals surface area (Å²) in [5.41, 5.74) is 5.81. The number of esters is 1. The number of carbonyl (C=O) groups excluding carboxylic acids is 1. The molecule has 0 spiro atoms. The van der Waals surface area contributed by atoms with Crippen LogP contribution in [0.4, 0.5) is 5.69 Å². The molecule has 21 heavy (non-hydrogen) atoms. The van der Waals surface area contributed by atoms with Gasteiger partial charge in [-0.15, -0.1) is 6.58 Å². The van der Waals surface area contributed by atoms with E-state index in [0.717, 1.165) is 5.75 Å². The molecule has 0 aromatic heterocycles. The molecule has 0 saturated heterocycles. The number of benzene rings is 1. The number of ether oxygens (including phenoxy) is 1. The van der Waals surface area contributed by atoms with Crippen LogP contribution < -0.4 is 10.5 Å². The van der Waals surface area contributed by atoms with Crippen LogP contribution in [-0.2, 0) is 14.8 Å². The van der Waals surface area contributed by atoms with Gasteiger partial charge in [-0.05, 0) is 18.2 Å². The zero-order chi connectivity index (χ0) is 15.9. The second-order valence-electron chi connectivity index (χ2n) is 4.01. The van der Waals surface area contributed by atoms with E-state index in [4.69, 9.17) is 5.73 Å². The van der Waals surface area contributed by atoms with Crippen molar-refractivity contribution in [1.82, 2.24) is 4.72 Å². The predicted octanol–water partition coefficient (Wildman–Crippen LogP) is 1.25. The summed E-state index contributed by atoms with van der Waals surface area (Å²) in [5, 5.41) is 0. The normalized spacial score (nSPS) is 11.1. The quantitative estimate of drug-likeness (QED) is 0.322. The van der Waals surface area contributed by atoms with E-state index in [1.54, 1.807) is 17.8 Å². The van der Waals surface area contributed by atoms with Crippen molar-refractivity contribution in [3.05, 3.63) is 36.4 Å². The van der Waals surface area contributed by atoms with E-state index in [-0.39, 0.29) is 22.7 Å². The average molecular weight is 330 g/mol. The van der Waals surface area contributed by atoms with Crippen LogP contribution in [0.3, 0.4) is 0 Å². The van der Waals surface area contributed by atoms with Crippen LogP contribution >= 0.6 is 11.8 Å². The van der Waals surface area contributed by atoms with E-state index < -0.39 is 16.0 Å². The molecule has 1 aromatic rings. The summed E-state index contributed by atoms with van der Waals surface area (Å²) in [6.07, 6.45) is 1.74. The molecular formula is C13H18N2O4S2. The van der Waals surface area contributed by atoms with Crippen molar-refractivity contribution >= 4 is 33.4 Å². The Morgan fingerprint density at radius 3 is 2.86 bits per heavy atom. The van der Waals surface area contributed by atoms with Crippen molar-refractivity contribution in [2.24, 2.45) is 0 Å². The molecule has 0 aliphatic heterocycles. The fourth-order valence-corrected chi connectivity index (χ4v) is 3.50. The van der Waals surface area contributed by atoms with Crippen molar-refractivity contribution in [2.75, 3.05) is 30.9 Å². The number of methoxy groups -OCH3 is 1. The second-order valence-corrected chi connectivity index (χ2v) is 6.89. The lowest BCUT2D eigenvalue weighted by atomic mass is 10.2. The molecule has 0 aliphatic carbocycles. The SMILES string of the molecule is C=CCSCCNS(=O)(=O)c1cc(N)ccc1C(=O)OC. The third-order valence-corrected chi connectivity index (χ3v) is 4.94. The van der Waals surface area contributed by atoms with E-state index in [1.807, 2.05) is 0 Å². The first-order valence-electron chi connectivity index (χ1n) is 6.08. The minimum Gasteiger partial charge on any atom is -0.465 e. The average Bonchev–Trinajstić information content (AvgIpc) is 2.46. The van der Waals surface area contributed by atoms with Crippen LogP contribution in [0.5, 0.6) is 0 Å². The molecule has 116 valence electrons. The molecule has 3 N–H and O–H groups in total. The van der Waals surface area contributed by atoms with E-state index in [0.29, 0.717) is 5.75 Å². The highest BCUT2D eigenvalue weighted by molar-refractivity contribution is 7.99. The minimum atomic E-state index is -3.83. The first kappa shape index (κ1) is 17.5. The molecule has 1 aromatic carbocycles. The number of thioether (sulfide) groups is 1. The molecule has 0 heterocycles. The molecule has 6 nitrogen and oxygen atoms in total. The number of carbonyl (C=O) groups is 1. The van der Waals surface area contributed by atoms with Gasteiger partial charge in [-0.2, -0.15) is 11.8 Å².